The van der Waals surface area contributed by atoms with Crippen molar-refractivity contribution < 1.29 is 4.74 Å². The molecule has 0 saturated carbocycles. The fraction of sp³-hybridized carbons (Fsp3) is 0.0870. The van der Waals surface area contributed by atoms with Gasteiger partial charge in [-0.15, -0.1) is 14.8 Å². The van der Waals surface area contributed by atoms with Gasteiger partial charge in [0.1, 0.15) is 11.4 Å². The lowest BCUT2D eigenvalue weighted by atomic mass is 10.0. The van der Waals surface area contributed by atoms with Gasteiger partial charge in [-0.2, -0.15) is 0 Å². The molecule has 0 spiro atoms. The largest absolute Gasteiger partial charge is 0.497 e. The summed E-state index contributed by atoms with van der Waals surface area (Å²) in [5.74, 6) is 0.829. The molecule has 2 heterocycles. The molecule has 0 atom stereocenters. The van der Waals surface area contributed by atoms with Gasteiger partial charge < -0.3 is 4.74 Å². The topological polar surface area (TPSA) is 52.3 Å². The highest BCUT2D eigenvalue weighted by atomic mass is 35.5. The van der Waals surface area contributed by atoms with Crippen LogP contribution in [0.15, 0.2) is 72.8 Å². The normalized spacial score (nSPS) is 11.2. The number of benzene rings is 3. The van der Waals surface area contributed by atoms with E-state index in [-0.39, 0.29) is 0 Å². The molecule has 6 heteroatoms. The Balaban J connectivity index is 1.69. The van der Waals surface area contributed by atoms with Crippen LogP contribution in [-0.4, -0.2) is 26.9 Å². The number of methoxy groups -OCH3 is 1. The van der Waals surface area contributed by atoms with E-state index >= 15 is 0 Å². The molecule has 0 radical (unpaired) electrons. The van der Waals surface area contributed by atoms with Crippen molar-refractivity contribution in [1.82, 2.24) is 19.8 Å². The maximum absolute atomic E-state index is 6.08. The van der Waals surface area contributed by atoms with E-state index in [4.69, 9.17) is 26.4 Å². The molecule has 142 valence electrons. The summed E-state index contributed by atoms with van der Waals surface area (Å²) < 4.78 is 6.88. The van der Waals surface area contributed by atoms with Gasteiger partial charge in [0.15, 0.2) is 5.65 Å². The molecule has 0 aliphatic carbocycles. The zero-order valence-electron chi connectivity index (χ0n) is 15.7. The molecule has 29 heavy (non-hydrogen) atoms. The Kier molecular flexibility index (Phi) is 4.37. The summed E-state index contributed by atoms with van der Waals surface area (Å²) in [5.41, 5.74) is 5.38. The third-order valence-electron chi connectivity index (χ3n) is 4.89. The fourth-order valence-electron chi connectivity index (χ4n) is 3.41. The van der Waals surface area contributed by atoms with E-state index in [2.05, 4.69) is 5.10 Å². The second-order valence-corrected chi connectivity index (χ2v) is 7.21. The second-order valence-electron chi connectivity index (χ2n) is 6.77. The van der Waals surface area contributed by atoms with E-state index in [9.17, 15) is 0 Å². The van der Waals surface area contributed by atoms with Gasteiger partial charge in [0.25, 0.3) is 0 Å². The molecule has 0 amide bonds. The lowest BCUT2D eigenvalue weighted by molar-refractivity contribution is 0.414. The van der Waals surface area contributed by atoms with Gasteiger partial charge in [-0.3, -0.25) is 0 Å². The third-order valence-corrected chi connectivity index (χ3v) is 5.15. The minimum atomic E-state index is 0.644. The molecule has 0 bridgehead atoms. The number of fused-ring (bicyclic) bond motifs is 3. The quantitative estimate of drug-likeness (QED) is 0.416. The summed E-state index contributed by atoms with van der Waals surface area (Å²) in [5, 5.41) is 11.1. The number of rotatable bonds is 4. The molecule has 5 aromatic rings. The van der Waals surface area contributed by atoms with E-state index < -0.39 is 0 Å². The maximum atomic E-state index is 6.08. The minimum Gasteiger partial charge on any atom is -0.497 e. The van der Waals surface area contributed by atoms with E-state index in [1.165, 1.54) is 0 Å². The van der Waals surface area contributed by atoms with Crippen LogP contribution in [0.25, 0.3) is 27.8 Å². The van der Waals surface area contributed by atoms with Crippen LogP contribution < -0.4 is 4.74 Å². The van der Waals surface area contributed by atoms with Gasteiger partial charge in [0.05, 0.1) is 18.3 Å². The number of nitrogens with zero attached hydrogens (tertiary/aromatic N) is 4. The molecule has 0 unspecified atom stereocenters. The predicted octanol–water partition coefficient (Wildman–Crippen LogP) is 5.20. The van der Waals surface area contributed by atoms with Gasteiger partial charge in [-0.05, 0) is 42.0 Å². The molecule has 0 N–H and O–H groups in total. The summed E-state index contributed by atoms with van der Waals surface area (Å²) in [6, 6.07) is 23.6. The first kappa shape index (κ1) is 17.6. The lowest BCUT2D eigenvalue weighted by Gasteiger charge is -2.10. The summed E-state index contributed by atoms with van der Waals surface area (Å²) in [6.07, 6.45) is 0.644. The van der Waals surface area contributed by atoms with Crippen molar-refractivity contribution in [3.8, 4) is 17.0 Å². The zero-order chi connectivity index (χ0) is 19.8. The second kappa shape index (κ2) is 7.18. The van der Waals surface area contributed by atoms with Gasteiger partial charge in [-0.25, -0.2) is 4.98 Å². The first-order chi connectivity index (χ1) is 14.2. The highest BCUT2D eigenvalue weighted by Crippen LogP contribution is 2.27. The van der Waals surface area contributed by atoms with E-state index in [1.807, 2.05) is 72.8 Å². The van der Waals surface area contributed by atoms with Crippen LogP contribution in [0.5, 0.6) is 5.75 Å². The first-order valence-electron chi connectivity index (χ1n) is 9.25. The lowest BCUT2D eigenvalue weighted by Crippen LogP contribution is -2.05. The van der Waals surface area contributed by atoms with E-state index in [0.717, 1.165) is 44.8 Å². The van der Waals surface area contributed by atoms with Crippen LogP contribution >= 0.6 is 11.6 Å². The first-order valence-corrected chi connectivity index (χ1v) is 9.62. The van der Waals surface area contributed by atoms with E-state index in [1.54, 1.807) is 11.7 Å². The zero-order valence-corrected chi connectivity index (χ0v) is 16.5. The highest BCUT2D eigenvalue weighted by molar-refractivity contribution is 6.30. The number of aromatic nitrogens is 4. The number of halogens is 1. The minimum absolute atomic E-state index is 0.644. The van der Waals surface area contributed by atoms with Crippen LogP contribution in [0, 0.1) is 0 Å². The number of hydrogen-bond acceptors (Lipinski definition) is 4. The third kappa shape index (κ3) is 3.30. The Morgan fingerprint density at radius 2 is 1.66 bits per heavy atom. The molecule has 5 nitrogen and oxygen atoms in total. The summed E-state index contributed by atoms with van der Waals surface area (Å²) in [4.78, 5) is 4.97. The van der Waals surface area contributed by atoms with Gasteiger partial charge >= 0.3 is 0 Å². The van der Waals surface area contributed by atoms with Gasteiger partial charge in [0.2, 0.25) is 0 Å². The molecule has 0 saturated heterocycles. The van der Waals surface area contributed by atoms with Crippen LogP contribution in [0.3, 0.4) is 0 Å². The Morgan fingerprint density at radius 1 is 0.897 bits per heavy atom. The molecular weight excluding hydrogens is 384 g/mol. The Morgan fingerprint density at radius 3 is 2.41 bits per heavy atom. The summed E-state index contributed by atoms with van der Waals surface area (Å²) in [7, 11) is 1.66. The van der Waals surface area contributed by atoms with Crippen LogP contribution in [-0.2, 0) is 6.42 Å². The molecule has 0 aliphatic heterocycles. The van der Waals surface area contributed by atoms with Crippen molar-refractivity contribution >= 4 is 28.2 Å². The van der Waals surface area contributed by atoms with Crippen LogP contribution in [0.1, 0.15) is 11.3 Å². The SMILES string of the molecule is COc1ccc(Cc2nc3c4ccccc4nn3nc2-c2ccc(Cl)cc2)cc1. The van der Waals surface area contributed by atoms with Crippen molar-refractivity contribution in [1.29, 1.82) is 0 Å². The predicted molar refractivity (Wildman–Crippen MR) is 115 cm³/mol. The average molecular weight is 401 g/mol. The molecule has 0 fully saturated rings. The monoisotopic (exact) mass is 400 g/mol. The Labute approximate surface area is 172 Å². The van der Waals surface area contributed by atoms with E-state index in [0.29, 0.717) is 11.4 Å². The molecule has 0 aliphatic rings. The smallest absolute Gasteiger partial charge is 0.184 e. The molecular formula is C23H17ClN4O. The van der Waals surface area contributed by atoms with Gasteiger partial charge in [-0.1, -0.05) is 48.0 Å². The number of ether oxygens (including phenoxy) is 1. The molecule has 3 aromatic carbocycles. The highest BCUT2D eigenvalue weighted by Gasteiger charge is 2.15. The van der Waals surface area contributed by atoms with Crippen molar-refractivity contribution in [2.45, 2.75) is 6.42 Å². The molecule has 5 rings (SSSR count). The van der Waals surface area contributed by atoms with Crippen molar-refractivity contribution in [3.63, 3.8) is 0 Å². The average Bonchev–Trinajstić information content (AvgIpc) is 3.12. The van der Waals surface area contributed by atoms with Crippen molar-refractivity contribution in [3.05, 3.63) is 89.1 Å². The van der Waals surface area contributed by atoms with Crippen molar-refractivity contribution in [2.24, 2.45) is 0 Å². The maximum Gasteiger partial charge on any atom is 0.184 e. The number of hydrogen-bond donors (Lipinski definition) is 0. The Bertz CT molecular complexity index is 1310. The van der Waals surface area contributed by atoms with Crippen molar-refractivity contribution in [2.75, 3.05) is 7.11 Å². The molecule has 2 aromatic heterocycles. The fourth-order valence-corrected chi connectivity index (χ4v) is 3.53. The Hall–Kier alpha value is -3.44. The van der Waals surface area contributed by atoms with Crippen LogP contribution in [0.4, 0.5) is 0 Å². The standard InChI is InChI=1S/C23H17ClN4O/c1-29-18-12-6-15(7-13-18)14-21-22(16-8-10-17(24)11-9-16)27-28-23(25-21)19-4-2-3-5-20(19)26-28/h2-13H,14H2,1H3. The summed E-state index contributed by atoms with van der Waals surface area (Å²) >= 11 is 6.08. The summed E-state index contributed by atoms with van der Waals surface area (Å²) in [6.45, 7) is 0. The van der Waals surface area contributed by atoms with Gasteiger partial charge in [0, 0.05) is 22.4 Å². The van der Waals surface area contributed by atoms with Crippen LogP contribution in [0.2, 0.25) is 5.02 Å².